The first-order chi connectivity index (χ1) is 6.69. The first-order valence-corrected chi connectivity index (χ1v) is 5.12. The van der Waals surface area contributed by atoms with E-state index < -0.39 is 0 Å². The molecule has 0 spiro atoms. The predicted octanol–water partition coefficient (Wildman–Crippen LogP) is 0.395. The molecule has 0 radical (unpaired) electrons. The number of carbonyl (C=O) groups is 1. The Balaban J connectivity index is 2.42. The smallest absolute Gasteiger partial charge is 0.307 e. The third kappa shape index (κ3) is 2.69. The fraction of sp³-hybridized carbons (Fsp3) is 0.900. The van der Waals surface area contributed by atoms with Crippen LogP contribution in [0.3, 0.4) is 0 Å². The van der Waals surface area contributed by atoms with Gasteiger partial charge >= 0.3 is 5.97 Å². The van der Waals surface area contributed by atoms with Crippen LogP contribution in [0.2, 0.25) is 0 Å². The maximum absolute atomic E-state index is 11.1. The highest BCUT2D eigenvalue weighted by atomic mass is 16.5. The topological polar surface area (TPSA) is 49.8 Å². The lowest BCUT2D eigenvalue weighted by molar-refractivity contribution is -0.142. The number of likely N-dealkylation sites (tertiary alicyclic amines) is 1. The van der Waals surface area contributed by atoms with E-state index in [0.29, 0.717) is 6.42 Å². The number of rotatable bonds is 4. The summed E-state index contributed by atoms with van der Waals surface area (Å²) in [6.45, 7) is 3.17. The molecule has 0 aromatic heterocycles. The Hall–Kier alpha value is -0.610. The number of hydrogen-bond donors (Lipinski definition) is 1. The molecule has 2 atom stereocenters. The number of hydrogen-bond acceptors (Lipinski definition) is 4. The number of esters is 1. The molecule has 1 rings (SSSR count). The molecule has 2 unspecified atom stereocenters. The lowest BCUT2D eigenvalue weighted by Crippen LogP contribution is -2.40. The van der Waals surface area contributed by atoms with E-state index >= 15 is 0 Å². The number of carbonyl (C=O) groups excluding carboxylic acids is 1. The highest BCUT2D eigenvalue weighted by molar-refractivity contribution is 5.69. The molecular formula is C10H19NO3. The minimum absolute atomic E-state index is 0.169. The molecule has 1 fully saturated rings. The monoisotopic (exact) mass is 201 g/mol. The quantitative estimate of drug-likeness (QED) is 0.669. The van der Waals surface area contributed by atoms with Gasteiger partial charge in [0.15, 0.2) is 0 Å². The van der Waals surface area contributed by atoms with Gasteiger partial charge in [-0.3, -0.25) is 9.69 Å². The second-order valence-corrected chi connectivity index (χ2v) is 3.85. The van der Waals surface area contributed by atoms with Crippen molar-refractivity contribution in [1.29, 1.82) is 0 Å². The Bertz CT molecular complexity index is 196. The average molecular weight is 201 g/mol. The van der Waals surface area contributed by atoms with E-state index in [1.165, 1.54) is 7.11 Å². The van der Waals surface area contributed by atoms with Crippen molar-refractivity contribution in [3.05, 3.63) is 0 Å². The number of methoxy groups -OCH3 is 1. The zero-order valence-electron chi connectivity index (χ0n) is 8.90. The first kappa shape index (κ1) is 11.5. The van der Waals surface area contributed by atoms with Gasteiger partial charge in [0.25, 0.3) is 0 Å². The summed E-state index contributed by atoms with van der Waals surface area (Å²) >= 11 is 0. The Morgan fingerprint density at radius 3 is 3.00 bits per heavy atom. The van der Waals surface area contributed by atoms with Gasteiger partial charge in [0.05, 0.1) is 20.1 Å². The second-order valence-electron chi connectivity index (χ2n) is 3.85. The highest BCUT2D eigenvalue weighted by Crippen LogP contribution is 2.21. The van der Waals surface area contributed by atoms with E-state index in [2.05, 4.69) is 9.64 Å². The summed E-state index contributed by atoms with van der Waals surface area (Å²) in [5.41, 5.74) is 0. The second kappa shape index (κ2) is 5.32. The summed E-state index contributed by atoms with van der Waals surface area (Å²) in [6, 6.07) is 0.400. The van der Waals surface area contributed by atoms with Crippen molar-refractivity contribution in [2.75, 3.05) is 20.3 Å². The van der Waals surface area contributed by atoms with Gasteiger partial charge in [-0.1, -0.05) is 0 Å². The zero-order valence-corrected chi connectivity index (χ0v) is 8.90. The molecule has 14 heavy (non-hydrogen) atoms. The van der Waals surface area contributed by atoms with Gasteiger partial charge < -0.3 is 9.84 Å². The third-order valence-electron chi connectivity index (χ3n) is 2.89. The van der Waals surface area contributed by atoms with Crippen LogP contribution >= 0.6 is 0 Å². The Labute approximate surface area is 84.8 Å². The van der Waals surface area contributed by atoms with Crippen LogP contribution in [0, 0.1) is 0 Å². The molecule has 1 saturated heterocycles. The summed E-state index contributed by atoms with van der Waals surface area (Å²) in [7, 11) is 1.41. The van der Waals surface area contributed by atoms with E-state index in [-0.39, 0.29) is 24.7 Å². The molecule has 0 saturated carbocycles. The van der Waals surface area contributed by atoms with Crippen molar-refractivity contribution >= 4 is 5.97 Å². The van der Waals surface area contributed by atoms with Gasteiger partial charge in [0.1, 0.15) is 0 Å². The molecule has 0 bridgehead atoms. The molecule has 0 aliphatic carbocycles. The lowest BCUT2D eigenvalue weighted by Gasteiger charge is -2.28. The van der Waals surface area contributed by atoms with Gasteiger partial charge in [-0.05, 0) is 26.3 Å². The van der Waals surface area contributed by atoms with Crippen LogP contribution in [0.5, 0.6) is 0 Å². The molecule has 0 amide bonds. The molecule has 1 N–H and O–H groups in total. The Morgan fingerprint density at radius 2 is 2.43 bits per heavy atom. The number of ether oxygens (including phenoxy) is 1. The zero-order chi connectivity index (χ0) is 10.6. The molecule has 4 heteroatoms. The van der Waals surface area contributed by atoms with Gasteiger partial charge in [-0.15, -0.1) is 0 Å². The van der Waals surface area contributed by atoms with Crippen LogP contribution < -0.4 is 0 Å². The van der Waals surface area contributed by atoms with Crippen LogP contribution in [0.4, 0.5) is 0 Å². The molecule has 1 aliphatic heterocycles. The molecule has 0 aromatic carbocycles. The highest BCUT2D eigenvalue weighted by Gasteiger charge is 2.28. The van der Waals surface area contributed by atoms with Crippen molar-refractivity contribution in [3.8, 4) is 0 Å². The molecule has 1 heterocycles. The van der Waals surface area contributed by atoms with Gasteiger partial charge in [-0.2, -0.15) is 0 Å². The largest absolute Gasteiger partial charge is 0.469 e. The summed E-state index contributed by atoms with van der Waals surface area (Å²) in [5.74, 6) is -0.180. The van der Waals surface area contributed by atoms with Crippen LogP contribution in [0.25, 0.3) is 0 Å². The van der Waals surface area contributed by atoms with Crippen LogP contribution in [0.1, 0.15) is 26.2 Å². The summed E-state index contributed by atoms with van der Waals surface area (Å²) in [5, 5.41) is 9.12. The van der Waals surface area contributed by atoms with E-state index in [4.69, 9.17) is 5.11 Å². The SMILES string of the molecule is COC(=O)CC(C)N1CCCC1CO. The standard InChI is InChI=1S/C10H19NO3/c1-8(6-10(13)14-2)11-5-3-4-9(11)7-12/h8-9,12H,3-7H2,1-2H3. The summed E-state index contributed by atoms with van der Waals surface area (Å²) in [4.78, 5) is 13.3. The minimum Gasteiger partial charge on any atom is -0.469 e. The molecular weight excluding hydrogens is 182 g/mol. The van der Waals surface area contributed by atoms with Crippen LogP contribution in [-0.4, -0.2) is 48.3 Å². The normalized spacial score (nSPS) is 24.9. The van der Waals surface area contributed by atoms with Gasteiger partial charge in [0.2, 0.25) is 0 Å². The van der Waals surface area contributed by atoms with E-state index in [1.807, 2.05) is 6.92 Å². The van der Waals surface area contributed by atoms with Gasteiger partial charge in [0, 0.05) is 12.1 Å². The maximum atomic E-state index is 11.1. The summed E-state index contributed by atoms with van der Waals surface area (Å²) < 4.78 is 4.62. The van der Waals surface area contributed by atoms with E-state index in [1.54, 1.807) is 0 Å². The van der Waals surface area contributed by atoms with Crippen molar-refractivity contribution in [2.45, 2.75) is 38.3 Å². The average Bonchev–Trinajstić information content (AvgIpc) is 2.65. The first-order valence-electron chi connectivity index (χ1n) is 5.12. The molecule has 0 aromatic rings. The molecule has 4 nitrogen and oxygen atoms in total. The maximum Gasteiger partial charge on any atom is 0.307 e. The fourth-order valence-corrected chi connectivity index (χ4v) is 2.08. The number of aliphatic hydroxyl groups is 1. The third-order valence-corrected chi connectivity index (χ3v) is 2.89. The fourth-order valence-electron chi connectivity index (χ4n) is 2.08. The summed E-state index contributed by atoms with van der Waals surface area (Å²) in [6.07, 6.45) is 2.55. The van der Waals surface area contributed by atoms with Gasteiger partial charge in [-0.25, -0.2) is 0 Å². The van der Waals surface area contributed by atoms with E-state index in [0.717, 1.165) is 19.4 Å². The van der Waals surface area contributed by atoms with Crippen molar-refractivity contribution < 1.29 is 14.6 Å². The number of aliphatic hydroxyl groups excluding tert-OH is 1. The lowest BCUT2D eigenvalue weighted by atomic mass is 10.1. The van der Waals surface area contributed by atoms with E-state index in [9.17, 15) is 4.79 Å². The van der Waals surface area contributed by atoms with Crippen LogP contribution in [-0.2, 0) is 9.53 Å². The molecule has 82 valence electrons. The minimum atomic E-state index is -0.180. The van der Waals surface area contributed by atoms with Crippen molar-refractivity contribution in [1.82, 2.24) is 4.90 Å². The van der Waals surface area contributed by atoms with Crippen molar-refractivity contribution in [3.63, 3.8) is 0 Å². The molecule has 1 aliphatic rings. The number of nitrogens with zero attached hydrogens (tertiary/aromatic N) is 1. The Kier molecular flexibility index (Phi) is 4.35. The van der Waals surface area contributed by atoms with Crippen molar-refractivity contribution in [2.24, 2.45) is 0 Å². The predicted molar refractivity (Wildman–Crippen MR) is 52.9 cm³/mol. The Morgan fingerprint density at radius 1 is 1.71 bits per heavy atom. The van der Waals surface area contributed by atoms with Crippen LogP contribution in [0.15, 0.2) is 0 Å².